The van der Waals surface area contributed by atoms with Crippen LogP contribution in [-0.2, 0) is 0 Å². The number of hydrogen-bond donors (Lipinski definition) is 1. The smallest absolute Gasteiger partial charge is 0.376 e. The van der Waals surface area contributed by atoms with Crippen LogP contribution in [0.1, 0.15) is 26.2 Å². The minimum Gasteiger partial charge on any atom is -0.437 e. The third kappa shape index (κ3) is 2.49. The number of rotatable bonds is 2. The predicted molar refractivity (Wildman–Crippen MR) is 48.4 cm³/mol. The molecule has 0 bridgehead atoms. The second-order valence-electron chi connectivity index (χ2n) is 3.54. The van der Waals surface area contributed by atoms with Gasteiger partial charge in [0.1, 0.15) is 0 Å². The van der Waals surface area contributed by atoms with Crippen molar-refractivity contribution < 1.29 is 5.02 Å². The molecule has 11 heavy (non-hydrogen) atoms. The second-order valence-corrected chi connectivity index (χ2v) is 3.54. The normalized spacial score (nSPS) is 27.0. The average molecular weight is 155 g/mol. The first-order chi connectivity index (χ1) is 5.24. The molecule has 1 unspecified atom stereocenters. The fraction of sp³-hybridized carbons (Fsp3) is 1.00. The summed E-state index contributed by atoms with van der Waals surface area (Å²) in [6.45, 7) is 6.26. The van der Waals surface area contributed by atoms with Crippen LogP contribution < -0.4 is 0 Å². The lowest BCUT2D eigenvalue weighted by Crippen LogP contribution is -2.44. The van der Waals surface area contributed by atoms with Gasteiger partial charge in [0, 0.05) is 0 Å². The Balaban J connectivity index is 2.33. The summed E-state index contributed by atoms with van der Waals surface area (Å²) < 4.78 is 0. The quantitative estimate of drug-likeness (QED) is 0.606. The van der Waals surface area contributed by atoms with Crippen molar-refractivity contribution in [3.63, 3.8) is 0 Å². The van der Waals surface area contributed by atoms with Gasteiger partial charge in [0.05, 0.1) is 0 Å². The first-order valence-electron chi connectivity index (χ1n) is 4.66. The number of nitrogens with zero attached hydrogens (tertiary/aromatic N) is 1. The molecule has 1 aliphatic rings. The third-order valence-electron chi connectivity index (χ3n) is 2.66. The van der Waals surface area contributed by atoms with Crippen molar-refractivity contribution in [1.82, 2.24) is 4.81 Å². The standard InChI is InChI=1S/C8H18BNO/c1-3-8-5-4-6-10(7-8)9(2)11/h8,11H,3-7H2,1-2H3. The minimum absolute atomic E-state index is 0.246. The van der Waals surface area contributed by atoms with Gasteiger partial charge in [-0.15, -0.1) is 0 Å². The molecule has 0 saturated carbocycles. The maximum Gasteiger partial charge on any atom is 0.376 e. The molecule has 1 aliphatic heterocycles. The maximum absolute atomic E-state index is 9.32. The summed E-state index contributed by atoms with van der Waals surface area (Å²) in [7, 11) is -0.246. The molecular weight excluding hydrogens is 137 g/mol. The molecule has 0 aliphatic carbocycles. The summed E-state index contributed by atoms with van der Waals surface area (Å²) in [6, 6.07) is 0. The van der Waals surface area contributed by atoms with Crippen LogP contribution in [0.3, 0.4) is 0 Å². The zero-order valence-corrected chi connectivity index (χ0v) is 7.58. The van der Waals surface area contributed by atoms with E-state index in [9.17, 15) is 5.02 Å². The molecule has 64 valence electrons. The van der Waals surface area contributed by atoms with Crippen molar-refractivity contribution >= 4 is 7.05 Å². The van der Waals surface area contributed by atoms with E-state index in [2.05, 4.69) is 11.7 Å². The van der Waals surface area contributed by atoms with Crippen LogP contribution >= 0.6 is 0 Å². The van der Waals surface area contributed by atoms with Crippen LogP contribution in [-0.4, -0.2) is 30.0 Å². The van der Waals surface area contributed by atoms with Gasteiger partial charge in [-0.2, -0.15) is 0 Å². The van der Waals surface area contributed by atoms with Gasteiger partial charge in [0.2, 0.25) is 0 Å². The number of piperidine rings is 1. The summed E-state index contributed by atoms with van der Waals surface area (Å²) in [5, 5.41) is 9.32. The summed E-state index contributed by atoms with van der Waals surface area (Å²) in [5.41, 5.74) is 0. The van der Waals surface area contributed by atoms with Gasteiger partial charge in [0.15, 0.2) is 0 Å². The van der Waals surface area contributed by atoms with Gasteiger partial charge in [-0.3, -0.25) is 0 Å². The molecule has 1 fully saturated rings. The molecule has 1 heterocycles. The lowest BCUT2D eigenvalue weighted by molar-refractivity contribution is 0.238. The van der Waals surface area contributed by atoms with Crippen LogP contribution in [0.25, 0.3) is 0 Å². The monoisotopic (exact) mass is 155 g/mol. The van der Waals surface area contributed by atoms with Crippen molar-refractivity contribution in [3.8, 4) is 0 Å². The maximum atomic E-state index is 9.32. The van der Waals surface area contributed by atoms with Crippen molar-refractivity contribution in [2.24, 2.45) is 5.92 Å². The highest BCUT2D eigenvalue weighted by Crippen LogP contribution is 2.19. The molecule has 0 aromatic heterocycles. The molecule has 0 spiro atoms. The van der Waals surface area contributed by atoms with Crippen molar-refractivity contribution in [2.75, 3.05) is 13.1 Å². The lowest BCUT2D eigenvalue weighted by Gasteiger charge is -2.32. The second kappa shape index (κ2) is 4.12. The highest BCUT2D eigenvalue weighted by Gasteiger charge is 2.23. The Labute approximate surface area is 69.7 Å². The summed E-state index contributed by atoms with van der Waals surface area (Å²) in [4.78, 5) is 2.16. The Morgan fingerprint density at radius 2 is 2.36 bits per heavy atom. The van der Waals surface area contributed by atoms with Crippen molar-refractivity contribution in [2.45, 2.75) is 33.0 Å². The fourth-order valence-corrected chi connectivity index (χ4v) is 1.77. The highest BCUT2D eigenvalue weighted by molar-refractivity contribution is 6.45. The summed E-state index contributed by atoms with van der Waals surface area (Å²) >= 11 is 0. The molecule has 1 rings (SSSR count). The zero-order chi connectivity index (χ0) is 8.27. The third-order valence-corrected chi connectivity index (χ3v) is 2.66. The summed E-state index contributed by atoms with van der Waals surface area (Å²) in [5.74, 6) is 0.818. The van der Waals surface area contributed by atoms with Gasteiger partial charge in [-0.05, 0) is 38.7 Å². The Morgan fingerprint density at radius 1 is 1.64 bits per heavy atom. The van der Waals surface area contributed by atoms with Gasteiger partial charge in [0.25, 0.3) is 0 Å². The van der Waals surface area contributed by atoms with Crippen molar-refractivity contribution in [1.29, 1.82) is 0 Å². The zero-order valence-electron chi connectivity index (χ0n) is 7.58. The van der Waals surface area contributed by atoms with Crippen LogP contribution in [0.2, 0.25) is 6.82 Å². The van der Waals surface area contributed by atoms with E-state index in [1.165, 1.54) is 19.3 Å². The molecule has 0 amide bonds. The first kappa shape index (κ1) is 9.08. The average Bonchev–Trinajstić information content (AvgIpc) is 2.05. The van der Waals surface area contributed by atoms with E-state index in [1.807, 2.05) is 6.82 Å². The first-order valence-corrected chi connectivity index (χ1v) is 4.66. The van der Waals surface area contributed by atoms with Crippen LogP contribution in [0.15, 0.2) is 0 Å². The van der Waals surface area contributed by atoms with E-state index in [1.54, 1.807) is 0 Å². The van der Waals surface area contributed by atoms with E-state index in [-0.39, 0.29) is 7.05 Å². The van der Waals surface area contributed by atoms with Gasteiger partial charge in [-0.1, -0.05) is 13.3 Å². The molecule has 1 atom stereocenters. The molecule has 0 aromatic rings. The molecule has 0 aromatic carbocycles. The largest absolute Gasteiger partial charge is 0.437 e. The predicted octanol–water partition coefficient (Wildman–Crippen LogP) is 1.22. The van der Waals surface area contributed by atoms with E-state index in [0.29, 0.717) is 0 Å². The van der Waals surface area contributed by atoms with Crippen molar-refractivity contribution in [3.05, 3.63) is 0 Å². The number of hydrogen-bond acceptors (Lipinski definition) is 2. The molecule has 3 heteroatoms. The molecular formula is C8H18BNO. The fourth-order valence-electron chi connectivity index (χ4n) is 1.77. The van der Waals surface area contributed by atoms with E-state index in [0.717, 1.165) is 19.0 Å². The molecule has 1 saturated heterocycles. The Kier molecular flexibility index (Phi) is 3.40. The van der Waals surface area contributed by atoms with Crippen LogP contribution in [0.4, 0.5) is 0 Å². The Hall–Kier alpha value is -0.0151. The van der Waals surface area contributed by atoms with Crippen LogP contribution in [0.5, 0.6) is 0 Å². The topological polar surface area (TPSA) is 23.5 Å². The minimum atomic E-state index is -0.246. The van der Waals surface area contributed by atoms with Gasteiger partial charge in [-0.25, -0.2) is 0 Å². The van der Waals surface area contributed by atoms with E-state index >= 15 is 0 Å². The van der Waals surface area contributed by atoms with E-state index in [4.69, 9.17) is 0 Å². The highest BCUT2D eigenvalue weighted by atomic mass is 16.2. The van der Waals surface area contributed by atoms with E-state index < -0.39 is 0 Å². The molecule has 0 radical (unpaired) electrons. The Bertz CT molecular complexity index is 119. The summed E-state index contributed by atoms with van der Waals surface area (Å²) in [6.07, 6.45) is 3.85. The lowest BCUT2D eigenvalue weighted by atomic mass is 9.80. The Morgan fingerprint density at radius 3 is 2.91 bits per heavy atom. The van der Waals surface area contributed by atoms with Gasteiger partial charge < -0.3 is 9.83 Å². The SMILES string of the molecule is CCC1CCCN(B(C)O)C1. The van der Waals surface area contributed by atoms with Crippen LogP contribution in [0, 0.1) is 5.92 Å². The van der Waals surface area contributed by atoms with Gasteiger partial charge >= 0.3 is 7.05 Å². The molecule has 1 N–H and O–H groups in total. The molecule has 2 nitrogen and oxygen atoms in total.